The van der Waals surface area contributed by atoms with Crippen LogP contribution in [0, 0.1) is 17.0 Å². The molecular formula is C19H20F2N2O2. The summed E-state index contributed by atoms with van der Waals surface area (Å²) in [6.45, 7) is 4.99. The molecule has 0 aliphatic carbocycles. The van der Waals surface area contributed by atoms with Gasteiger partial charge in [0.25, 0.3) is 0 Å². The molecule has 0 aromatic heterocycles. The summed E-state index contributed by atoms with van der Waals surface area (Å²) < 4.78 is 27.5. The van der Waals surface area contributed by atoms with Crippen LogP contribution in [0.1, 0.15) is 20.8 Å². The predicted molar refractivity (Wildman–Crippen MR) is 93.2 cm³/mol. The number of benzene rings is 2. The smallest absolute Gasteiger partial charge is 0.242 e. The molecule has 0 unspecified atom stereocenters. The second-order valence-corrected chi connectivity index (χ2v) is 6.06. The zero-order valence-electron chi connectivity index (χ0n) is 14.3. The first-order valence-corrected chi connectivity index (χ1v) is 7.91. The molecule has 0 aliphatic heterocycles. The molecule has 6 heteroatoms. The van der Waals surface area contributed by atoms with Crippen LogP contribution in [-0.2, 0) is 9.59 Å². The number of nitrogens with one attached hydrogen (secondary N) is 1. The van der Waals surface area contributed by atoms with Gasteiger partial charge in [-0.05, 0) is 45.0 Å². The average Bonchev–Trinajstić information content (AvgIpc) is 2.59. The summed E-state index contributed by atoms with van der Waals surface area (Å²) in [5.74, 6) is -3.04. The third kappa shape index (κ3) is 3.84. The molecule has 0 spiro atoms. The summed E-state index contributed by atoms with van der Waals surface area (Å²) in [6.07, 6.45) is 0. The summed E-state index contributed by atoms with van der Waals surface area (Å²) in [4.78, 5) is 26.9. The van der Waals surface area contributed by atoms with Crippen LogP contribution < -0.4 is 10.2 Å². The highest BCUT2D eigenvalue weighted by Crippen LogP contribution is 2.27. The molecule has 132 valence electrons. The van der Waals surface area contributed by atoms with E-state index in [4.69, 9.17) is 0 Å². The van der Waals surface area contributed by atoms with Crippen molar-refractivity contribution in [2.45, 2.75) is 20.8 Å². The van der Waals surface area contributed by atoms with Gasteiger partial charge in [-0.25, -0.2) is 8.78 Å². The lowest BCUT2D eigenvalue weighted by Gasteiger charge is -2.30. The Hall–Kier alpha value is -2.76. The number of para-hydroxylation sites is 2. The lowest BCUT2D eigenvalue weighted by atomic mass is 9.89. The van der Waals surface area contributed by atoms with Crippen molar-refractivity contribution in [3.8, 4) is 0 Å². The van der Waals surface area contributed by atoms with Gasteiger partial charge in [0.2, 0.25) is 11.8 Å². The van der Waals surface area contributed by atoms with Gasteiger partial charge in [0.05, 0.1) is 0 Å². The minimum Gasteiger partial charge on any atom is -0.320 e. The number of amides is 2. The van der Waals surface area contributed by atoms with Gasteiger partial charge in [0, 0.05) is 12.2 Å². The molecule has 1 N–H and O–H groups in total. The Labute approximate surface area is 145 Å². The van der Waals surface area contributed by atoms with Gasteiger partial charge in [0.1, 0.15) is 22.7 Å². The lowest BCUT2D eigenvalue weighted by molar-refractivity contribution is -0.136. The Kier molecular flexibility index (Phi) is 5.51. The van der Waals surface area contributed by atoms with E-state index in [1.165, 1.54) is 24.8 Å². The van der Waals surface area contributed by atoms with Crippen molar-refractivity contribution in [1.82, 2.24) is 0 Å². The van der Waals surface area contributed by atoms with Crippen molar-refractivity contribution >= 4 is 23.2 Å². The van der Waals surface area contributed by atoms with Gasteiger partial charge < -0.3 is 10.2 Å². The van der Waals surface area contributed by atoms with E-state index in [1.807, 2.05) is 6.07 Å². The van der Waals surface area contributed by atoms with Crippen LogP contribution in [0.15, 0.2) is 48.5 Å². The van der Waals surface area contributed by atoms with Crippen molar-refractivity contribution in [1.29, 1.82) is 0 Å². The molecule has 0 heterocycles. The highest BCUT2D eigenvalue weighted by molar-refractivity contribution is 6.14. The van der Waals surface area contributed by atoms with E-state index in [2.05, 4.69) is 5.32 Å². The van der Waals surface area contributed by atoms with Gasteiger partial charge in [-0.2, -0.15) is 0 Å². The summed E-state index contributed by atoms with van der Waals surface area (Å²) in [6, 6.07) is 12.2. The maximum Gasteiger partial charge on any atom is 0.242 e. The van der Waals surface area contributed by atoms with E-state index >= 15 is 0 Å². The van der Waals surface area contributed by atoms with Gasteiger partial charge >= 0.3 is 0 Å². The molecule has 0 aliphatic rings. The third-order valence-corrected chi connectivity index (χ3v) is 3.93. The molecule has 0 saturated carbocycles. The topological polar surface area (TPSA) is 49.4 Å². The quantitative estimate of drug-likeness (QED) is 0.833. The van der Waals surface area contributed by atoms with Gasteiger partial charge in [0.15, 0.2) is 0 Å². The highest BCUT2D eigenvalue weighted by Gasteiger charge is 2.40. The monoisotopic (exact) mass is 346 g/mol. The molecule has 2 amide bonds. The second kappa shape index (κ2) is 7.42. The standard InChI is InChI=1S/C19H20F2N2O2/c1-4-23(13-9-6-5-7-10-13)18(25)19(2,3)17(24)22-16-14(20)11-8-12-15(16)21/h5-12H,4H2,1-3H3,(H,22,24). The molecule has 2 rings (SSSR count). The van der Waals surface area contributed by atoms with E-state index in [0.29, 0.717) is 12.2 Å². The first-order chi connectivity index (χ1) is 11.8. The maximum atomic E-state index is 13.7. The van der Waals surface area contributed by atoms with E-state index in [1.54, 1.807) is 31.2 Å². The van der Waals surface area contributed by atoms with Crippen molar-refractivity contribution in [3.63, 3.8) is 0 Å². The Bertz CT molecular complexity index is 756. The van der Waals surface area contributed by atoms with Crippen LogP contribution in [0.5, 0.6) is 0 Å². The second-order valence-electron chi connectivity index (χ2n) is 6.06. The zero-order chi connectivity index (χ0) is 18.6. The summed E-state index contributed by atoms with van der Waals surface area (Å²) in [7, 11) is 0. The minimum absolute atomic E-state index is 0.355. The molecule has 0 fully saturated rings. The largest absolute Gasteiger partial charge is 0.320 e. The van der Waals surface area contributed by atoms with Crippen molar-refractivity contribution < 1.29 is 18.4 Å². The number of halogens is 2. The van der Waals surface area contributed by atoms with E-state index < -0.39 is 34.6 Å². The van der Waals surface area contributed by atoms with Crippen molar-refractivity contribution in [2.75, 3.05) is 16.8 Å². The zero-order valence-corrected chi connectivity index (χ0v) is 14.3. The average molecular weight is 346 g/mol. The summed E-state index contributed by atoms with van der Waals surface area (Å²) in [5, 5.41) is 2.19. The molecule has 0 bridgehead atoms. The summed E-state index contributed by atoms with van der Waals surface area (Å²) >= 11 is 0. The van der Waals surface area contributed by atoms with Crippen LogP contribution in [0.3, 0.4) is 0 Å². The number of rotatable bonds is 5. The molecule has 0 atom stereocenters. The first-order valence-electron chi connectivity index (χ1n) is 7.91. The van der Waals surface area contributed by atoms with Crippen LogP contribution in [0.4, 0.5) is 20.2 Å². The number of hydrogen-bond donors (Lipinski definition) is 1. The lowest BCUT2D eigenvalue weighted by Crippen LogP contribution is -2.47. The van der Waals surface area contributed by atoms with E-state index in [-0.39, 0.29) is 0 Å². The predicted octanol–water partition coefficient (Wildman–Crippen LogP) is 3.98. The number of carbonyl (C=O) groups is 2. The van der Waals surface area contributed by atoms with Crippen LogP contribution >= 0.6 is 0 Å². The summed E-state index contributed by atoms with van der Waals surface area (Å²) in [5.41, 5.74) is -1.43. The van der Waals surface area contributed by atoms with Gasteiger partial charge in [-0.15, -0.1) is 0 Å². The van der Waals surface area contributed by atoms with Crippen LogP contribution in [-0.4, -0.2) is 18.4 Å². The first kappa shape index (κ1) is 18.6. The van der Waals surface area contributed by atoms with Crippen molar-refractivity contribution in [2.24, 2.45) is 5.41 Å². The SMILES string of the molecule is CCN(C(=O)C(C)(C)C(=O)Nc1c(F)cccc1F)c1ccccc1. The van der Waals surface area contributed by atoms with Gasteiger partial charge in [-0.1, -0.05) is 24.3 Å². The molecular weight excluding hydrogens is 326 g/mol. The molecule has 4 nitrogen and oxygen atoms in total. The molecule has 2 aromatic carbocycles. The molecule has 25 heavy (non-hydrogen) atoms. The fourth-order valence-corrected chi connectivity index (χ4v) is 2.37. The third-order valence-electron chi connectivity index (χ3n) is 3.93. The van der Waals surface area contributed by atoms with Crippen LogP contribution in [0.25, 0.3) is 0 Å². The number of anilines is 2. The Morgan fingerprint density at radius 2 is 1.56 bits per heavy atom. The van der Waals surface area contributed by atoms with Crippen LogP contribution in [0.2, 0.25) is 0 Å². The number of nitrogens with zero attached hydrogens (tertiary/aromatic N) is 1. The Morgan fingerprint density at radius 1 is 1.00 bits per heavy atom. The molecule has 0 saturated heterocycles. The van der Waals surface area contributed by atoms with E-state index in [9.17, 15) is 18.4 Å². The number of hydrogen-bond acceptors (Lipinski definition) is 2. The fourth-order valence-electron chi connectivity index (χ4n) is 2.37. The van der Waals surface area contributed by atoms with Crippen molar-refractivity contribution in [3.05, 3.63) is 60.2 Å². The highest BCUT2D eigenvalue weighted by atomic mass is 19.1. The molecule has 0 radical (unpaired) electrons. The normalized spacial score (nSPS) is 11.1. The van der Waals surface area contributed by atoms with E-state index in [0.717, 1.165) is 12.1 Å². The van der Waals surface area contributed by atoms with Gasteiger partial charge in [-0.3, -0.25) is 9.59 Å². The molecule has 2 aromatic rings. The minimum atomic E-state index is -1.51. The fraction of sp³-hybridized carbons (Fsp3) is 0.263. The Morgan fingerprint density at radius 3 is 2.08 bits per heavy atom. The Balaban J connectivity index is 2.27. The maximum absolute atomic E-state index is 13.7. The number of carbonyl (C=O) groups excluding carboxylic acids is 2.